The molecule has 45 heavy (non-hydrogen) atoms. The SMILES string of the molecule is Cc1nc(F)ccc1C(c1cn(C23CC(C2)C3)nn1)N(C(=O)OCCl)c1cc(C#N)c2ncc(C#N)c(NCC(C)(C)C)c2c1. The van der Waals surface area contributed by atoms with E-state index in [1.54, 1.807) is 19.1 Å². The Bertz CT molecular complexity index is 1890. The summed E-state index contributed by atoms with van der Waals surface area (Å²) in [7, 11) is 0. The van der Waals surface area contributed by atoms with E-state index in [0.717, 1.165) is 19.3 Å². The molecule has 3 aliphatic rings. The lowest BCUT2D eigenvalue weighted by Crippen LogP contribution is -2.59. The maximum Gasteiger partial charge on any atom is 0.416 e. The van der Waals surface area contributed by atoms with Gasteiger partial charge >= 0.3 is 6.09 Å². The number of fused-ring (bicyclic) bond motifs is 1. The van der Waals surface area contributed by atoms with Crippen LogP contribution in [0.1, 0.15) is 74.2 Å². The molecule has 0 radical (unpaired) electrons. The summed E-state index contributed by atoms with van der Waals surface area (Å²) < 4.78 is 21.4. The number of nitrogens with one attached hydrogen (secondary N) is 1. The molecule has 7 rings (SSSR count). The molecule has 3 saturated carbocycles. The molecular weight excluding hydrogens is 597 g/mol. The first-order valence-electron chi connectivity index (χ1n) is 14.6. The van der Waals surface area contributed by atoms with Gasteiger partial charge in [-0.1, -0.05) is 43.7 Å². The Morgan fingerprint density at radius 1 is 1.24 bits per heavy atom. The van der Waals surface area contributed by atoms with Crippen molar-refractivity contribution in [2.45, 2.75) is 58.5 Å². The summed E-state index contributed by atoms with van der Waals surface area (Å²) in [6.45, 7) is 8.31. The molecule has 1 amide bonds. The fourth-order valence-corrected chi connectivity index (χ4v) is 6.32. The van der Waals surface area contributed by atoms with E-state index in [2.05, 4.69) is 58.5 Å². The molecule has 3 fully saturated rings. The Balaban J connectivity index is 1.58. The van der Waals surface area contributed by atoms with Crippen LogP contribution in [0.4, 0.5) is 20.6 Å². The molecule has 4 aromatic rings. The predicted octanol–water partition coefficient (Wildman–Crippen LogP) is 6.31. The first-order valence-corrected chi connectivity index (χ1v) is 15.1. The van der Waals surface area contributed by atoms with Crippen LogP contribution in [0.15, 0.2) is 36.7 Å². The monoisotopic (exact) mass is 627 g/mol. The van der Waals surface area contributed by atoms with Crippen molar-refractivity contribution >= 4 is 40.0 Å². The van der Waals surface area contributed by atoms with Crippen molar-refractivity contribution in [2.24, 2.45) is 11.3 Å². The number of halogens is 2. The number of nitriles is 2. The third kappa shape index (κ3) is 5.40. The molecule has 2 bridgehead atoms. The number of anilines is 2. The molecule has 0 spiro atoms. The number of aromatic nitrogens is 5. The van der Waals surface area contributed by atoms with E-state index in [0.29, 0.717) is 46.0 Å². The van der Waals surface area contributed by atoms with Crippen LogP contribution in [0.2, 0.25) is 0 Å². The summed E-state index contributed by atoms with van der Waals surface area (Å²) in [6.07, 6.45) is 5.45. The number of amides is 1. The van der Waals surface area contributed by atoms with Crippen molar-refractivity contribution < 1.29 is 13.9 Å². The lowest BCUT2D eigenvalue weighted by molar-refractivity contribution is -0.0989. The minimum absolute atomic E-state index is 0.0814. The van der Waals surface area contributed by atoms with Gasteiger partial charge in [0.2, 0.25) is 5.95 Å². The second-order valence-corrected chi connectivity index (χ2v) is 13.2. The number of carbonyl (C=O) groups is 1. The molecular formula is C32H31ClFN9O2. The zero-order valence-electron chi connectivity index (χ0n) is 25.3. The van der Waals surface area contributed by atoms with Gasteiger partial charge in [-0.05, 0) is 55.7 Å². The number of benzene rings is 1. The van der Waals surface area contributed by atoms with Crippen molar-refractivity contribution in [1.82, 2.24) is 25.0 Å². The Labute approximate surface area is 264 Å². The molecule has 1 atom stereocenters. The van der Waals surface area contributed by atoms with Gasteiger partial charge in [-0.15, -0.1) is 5.10 Å². The lowest BCUT2D eigenvalue weighted by atomic mass is 9.50. The van der Waals surface area contributed by atoms with Gasteiger partial charge in [0, 0.05) is 29.4 Å². The molecule has 1 aromatic carbocycles. The molecule has 0 saturated heterocycles. The summed E-state index contributed by atoms with van der Waals surface area (Å²) in [5, 5.41) is 33.0. The number of hydrogen-bond acceptors (Lipinski definition) is 9. The first kappa shape index (κ1) is 30.2. The predicted molar refractivity (Wildman–Crippen MR) is 165 cm³/mol. The molecule has 0 aliphatic heterocycles. The van der Waals surface area contributed by atoms with Gasteiger partial charge in [-0.25, -0.2) is 14.5 Å². The lowest BCUT2D eigenvalue weighted by Gasteiger charge is -2.61. The largest absolute Gasteiger partial charge is 0.433 e. The standard InChI is InChI=1S/C32H31ClFN9O2/c1-18-23(5-6-26(34)39-18)29(25-15-42(41-40-25)32-9-19(10-32)11-32)43(30(44)45-17-33)22-7-20(12-35)27-24(8-22)28(21(13-36)14-37-27)38-16-31(2,3)4/h5-8,14-15,19,29H,9-11,16-17H2,1-4H3,(H,37,38). The highest BCUT2D eigenvalue weighted by Crippen LogP contribution is 2.62. The highest BCUT2D eigenvalue weighted by atomic mass is 35.5. The van der Waals surface area contributed by atoms with Gasteiger partial charge in [-0.3, -0.25) is 9.88 Å². The van der Waals surface area contributed by atoms with E-state index in [4.69, 9.17) is 16.3 Å². The van der Waals surface area contributed by atoms with E-state index in [-0.39, 0.29) is 27.8 Å². The summed E-state index contributed by atoms with van der Waals surface area (Å²) in [5.41, 5.74) is 2.50. The van der Waals surface area contributed by atoms with Gasteiger partial charge in [0.25, 0.3) is 0 Å². The first-order chi connectivity index (χ1) is 21.5. The fraction of sp³-hybridized carbons (Fsp3) is 0.406. The van der Waals surface area contributed by atoms with E-state index >= 15 is 0 Å². The van der Waals surface area contributed by atoms with Gasteiger partial charge in [-0.2, -0.15) is 14.9 Å². The van der Waals surface area contributed by atoms with Crippen LogP contribution < -0.4 is 10.2 Å². The zero-order chi connectivity index (χ0) is 32.1. The average molecular weight is 628 g/mol. The van der Waals surface area contributed by atoms with Gasteiger partial charge in [0.1, 0.15) is 23.9 Å². The van der Waals surface area contributed by atoms with Crippen LogP contribution in [0.3, 0.4) is 0 Å². The Hall–Kier alpha value is -4.81. The summed E-state index contributed by atoms with van der Waals surface area (Å²) >= 11 is 5.90. The summed E-state index contributed by atoms with van der Waals surface area (Å²) in [6, 6.07) is 8.88. The minimum Gasteiger partial charge on any atom is -0.433 e. The van der Waals surface area contributed by atoms with Crippen molar-refractivity contribution in [3.05, 3.63) is 70.7 Å². The molecule has 3 heterocycles. The highest BCUT2D eigenvalue weighted by molar-refractivity contribution is 6.17. The van der Waals surface area contributed by atoms with Crippen LogP contribution >= 0.6 is 11.6 Å². The number of ether oxygens (including phenoxy) is 1. The number of alkyl halides is 1. The number of hydrogen-bond donors (Lipinski definition) is 1. The second-order valence-electron chi connectivity index (χ2n) is 13.0. The van der Waals surface area contributed by atoms with Gasteiger partial charge in [0.15, 0.2) is 6.07 Å². The van der Waals surface area contributed by atoms with Crippen molar-refractivity contribution in [1.29, 1.82) is 10.5 Å². The highest BCUT2D eigenvalue weighted by Gasteiger charge is 2.59. The smallest absolute Gasteiger partial charge is 0.416 e. The van der Waals surface area contributed by atoms with Crippen LogP contribution in [0.5, 0.6) is 0 Å². The second kappa shape index (κ2) is 11.3. The fourth-order valence-electron chi connectivity index (χ4n) is 6.22. The normalized spacial score (nSPS) is 19.1. The number of pyridine rings is 2. The molecule has 230 valence electrons. The van der Waals surface area contributed by atoms with Gasteiger partial charge in [0.05, 0.1) is 39.8 Å². The molecule has 3 aliphatic carbocycles. The maximum absolute atomic E-state index is 14.2. The molecule has 3 aromatic heterocycles. The molecule has 11 nitrogen and oxygen atoms in total. The average Bonchev–Trinajstić information content (AvgIpc) is 3.41. The summed E-state index contributed by atoms with van der Waals surface area (Å²) in [5.74, 6) is 0.0201. The summed E-state index contributed by atoms with van der Waals surface area (Å²) in [4.78, 5) is 23.7. The van der Waals surface area contributed by atoms with E-state index in [1.807, 2.05) is 10.9 Å². The van der Waals surface area contributed by atoms with Crippen LogP contribution in [-0.2, 0) is 10.3 Å². The third-order valence-corrected chi connectivity index (χ3v) is 8.68. The number of carbonyl (C=O) groups excluding carboxylic acids is 1. The zero-order valence-corrected chi connectivity index (χ0v) is 26.1. The van der Waals surface area contributed by atoms with E-state index in [1.165, 1.54) is 23.2 Å². The van der Waals surface area contributed by atoms with E-state index < -0.39 is 24.1 Å². The Morgan fingerprint density at radius 2 is 1.98 bits per heavy atom. The van der Waals surface area contributed by atoms with Crippen molar-refractivity contribution in [2.75, 3.05) is 22.8 Å². The van der Waals surface area contributed by atoms with E-state index in [9.17, 15) is 19.7 Å². The van der Waals surface area contributed by atoms with Crippen LogP contribution in [0, 0.1) is 46.9 Å². The number of aryl methyl sites for hydroxylation is 1. The number of rotatable bonds is 8. The Kier molecular flexibility index (Phi) is 7.58. The minimum atomic E-state index is -0.989. The Morgan fingerprint density at radius 3 is 2.58 bits per heavy atom. The van der Waals surface area contributed by atoms with Crippen LogP contribution in [-0.4, -0.2) is 43.7 Å². The molecule has 13 heteroatoms. The third-order valence-electron chi connectivity index (χ3n) is 8.57. The van der Waals surface area contributed by atoms with Crippen molar-refractivity contribution in [3.8, 4) is 12.1 Å². The topological polar surface area (TPSA) is 146 Å². The van der Waals surface area contributed by atoms with Gasteiger partial charge < -0.3 is 10.1 Å². The quantitative estimate of drug-likeness (QED) is 0.175. The maximum atomic E-state index is 14.2. The molecule has 1 unspecified atom stereocenters. The van der Waals surface area contributed by atoms with Crippen molar-refractivity contribution in [3.63, 3.8) is 0 Å². The van der Waals surface area contributed by atoms with Crippen LogP contribution in [0.25, 0.3) is 10.9 Å². The molecule has 1 N–H and O–H groups in total. The number of nitrogens with zero attached hydrogens (tertiary/aromatic N) is 8.